The number of nitrogens with zero attached hydrogens (tertiary/aromatic N) is 8. The van der Waals surface area contributed by atoms with Crippen molar-refractivity contribution in [2.75, 3.05) is 36.0 Å². The van der Waals surface area contributed by atoms with Gasteiger partial charge in [0.25, 0.3) is 5.56 Å². The SMILES string of the molecule is Cc1nnccc1N1CCN(c2cnn(Cc3c(-c4ccc(Cl)nc4)noc3C)c(=O)c2)CC1. The van der Waals surface area contributed by atoms with Gasteiger partial charge in [-0.2, -0.15) is 15.3 Å². The summed E-state index contributed by atoms with van der Waals surface area (Å²) in [6.07, 6.45) is 5.08. The first-order valence-corrected chi connectivity index (χ1v) is 11.3. The van der Waals surface area contributed by atoms with E-state index in [0.717, 1.165) is 54.4 Å². The van der Waals surface area contributed by atoms with Gasteiger partial charge in [-0.25, -0.2) is 9.67 Å². The third-order valence-corrected chi connectivity index (χ3v) is 6.24. The van der Waals surface area contributed by atoms with Crippen LogP contribution in [0.3, 0.4) is 0 Å². The lowest BCUT2D eigenvalue weighted by Gasteiger charge is -2.37. The number of piperazine rings is 1. The van der Waals surface area contributed by atoms with Gasteiger partial charge in [0.1, 0.15) is 16.6 Å². The second-order valence-electron chi connectivity index (χ2n) is 8.12. The molecule has 11 heteroatoms. The van der Waals surface area contributed by atoms with Crippen LogP contribution in [-0.2, 0) is 6.54 Å². The molecule has 1 fully saturated rings. The van der Waals surface area contributed by atoms with Gasteiger partial charge in [-0.15, -0.1) is 0 Å². The van der Waals surface area contributed by atoms with E-state index in [0.29, 0.717) is 16.6 Å². The van der Waals surface area contributed by atoms with Crippen LogP contribution in [0.1, 0.15) is 17.0 Å². The smallest absolute Gasteiger partial charge is 0.269 e. The first-order valence-electron chi connectivity index (χ1n) is 10.9. The van der Waals surface area contributed by atoms with Crippen LogP contribution in [0, 0.1) is 13.8 Å². The normalized spacial score (nSPS) is 14.0. The lowest BCUT2D eigenvalue weighted by Crippen LogP contribution is -2.47. The number of hydrogen-bond acceptors (Lipinski definition) is 9. The number of hydrogen-bond donors (Lipinski definition) is 0. The number of rotatable bonds is 5. The summed E-state index contributed by atoms with van der Waals surface area (Å²) in [5, 5.41) is 17.0. The predicted octanol–water partition coefficient (Wildman–Crippen LogP) is 2.73. The number of halogens is 1. The molecule has 174 valence electrons. The Morgan fingerprint density at radius 1 is 1.06 bits per heavy atom. The molecule has 5 rings (SSSR count). The van der Waals surface area contributed by atoms with Crippen molar-refractivity contribution >= 4 is 23.0 Å². The van der Waals surface area contributed by atoms with Gasteiger partial charge < -0.3 is 14.3 Å². The van der Waals surface area contributed by atoms with Crippen LogP contribution in [0.25, 0.3) is 11.3 Å². The molecule has 4 aromatic heterocycles. The van der Waals surface area contributed by atoms with Crippen LogP contribution in [0.4, 0.5) is 11.4 Å². The lowest BCUT2D eigenvalue weighted by atomic mass is 10.1. The highest BCUT2D eigenvalue weighted by molar-refractivity contribution is 6.29. The van der Waals surface area contributed by atoms with Crippen molar-refractivity contribution in [2.45, 2.75) is 20.4 Å². The van der Waals surface area contributed by atoms with Crippen LogP contribution in [0.15, 0.2) is 52.2 Å². The number of anilines is 2. The molecular formula is C23H23ClN8O2. The standard InChI is InChI=1S/C23H23ClN8O2/c1-15-20(5-6-26-28-15)31-9-7-30(8-10-31)18-11-22(33)32(27-13-18)14-19-16(2)34-29-23(19)17-3-4-21(24)25-12-17/h3-6,11-13H,7-10,14H2,1-2H3. The lowest BCUT2D eigenvalue weighted by molar-refractivity contribution is 0.397. The highest BCUT2D eigenvalue weighted by Crippen LogP contribution is 2.26. The van der Waals surface area contributed by atoms with Crippen LogP contribution >= 0.6 is 11.6 Å². The Morgan fingerprint density at radius 3 is 2.56 bits per heavy atom. The number of aromatic nitrogens is 6. The van der Waals surface area contributed by atoms with E-state index >= 15 is 0 Å². The van der Waals surface area contributed by atoms with Crippen molar-refractivity contribution in [1.29, 1.82) is 0 Å². The van der Waals surface area contributed by atoms with E-state index in [4.69, 9.17) is 16.1 Å². The van der Waals surface area contributed by atoms with Gasteiger partial charge in [0.05, 0.1) is 36.0 Å². The summed E-state index contributed by atoms with van der Waals surface area (Å²) in [5.74, 6) is 0.625. The summed E-state index contributed by atoms with van der Waals surface area (Å²) in [7, 11) is 0. The van der Waals surface area contributed by atoms with E-state index in [1.807, 2.05) is 26.0 Å². The molecule has 1 aliphatic rings. The number of pyridine rings is 1. The molecule has 0 atom stereocenters. The minimum Gasteiger partial charge on any atom is -0.367 e. The Kier molecular flexibility index (Phi) is 5.97. The van der Waals surface area contributed by atoms with E-state index in [9.17, 15) is 4.79 Å². The van der Waals surface area contributed by atoms with Crippen molar-refractivity contribution in [2.24, 2.45) is 0 Å². The fourth-order valence-corrected chi connectivity index (χ4v) is 4.23. The largest absolute Gasteiger partial charge is 0.367 e. The zero-order chi connectivity index (χ0) is 23.7. The summed E-state index contributed by atoms with van der Waals surface area (Å²) in [6, 6.07) is 7.13. The Bertz CT molecular complexity index is 1360. The molecule has 0 spiro atoms. The molecule has 0 aromatic carbocycles. The molecule has 0 N–H and O–H groups in total. The Hall–Kier alpha value is -3.79. The average molecular weight is 479 g/mol. The van der Waals surface area contributed by atoms with Crippen LogP contribution in [-0.4, -0.2) is 56.3 Å². The summed E-state index contributed by atoms with van der Waals surface area (Å²) < 4.78 is 6.81. The average Bonchev–Trinajstić information content (AvgIpc) is 3.21. The maximum Gasteiger partial charge on any atom is 0.269 e. The third-order valence-electron chi connectivity index (χ3n) is 6.01. The Balaban J connectivity index is 1.31. The zero-order valence-corrected chi connectivity index (χ0v) is 19.6. The first kappa shape index (κ1) is 22.0. The minimum absolute atomic E-state index is 0.185. The summed E-state index contributed by atoms with van der Waals surface area (Å²) in [4.78, 5) is 21.5. The molecule has 0 saturated carbocycles. The van der Waals surface area contributed by atoms with Crippen molar-refractivity contribution in [1.82, 2.24) is 30.1 Å². The quantitative estimate of drug-likeness (QED) is 0.400. The second-order valence-corrected chi connectivity index (χ2v) is 8.51. The predicted molar refractivity (Wildman–Crippen MR) is 128 cm³/mol. The second kappa shape index (κ2) is 9.22. The van der Waals surface area contributed by atoms with Crippen LogP contribution in [0.2, 0.25) is 5.15 Å². The molecule has 4 aromatic rings. The molecule has 0 amide bonds. The highest BCUT2D eigenvalue weighted by Gasteiger charge is 2.21. The molecular weight excluding hydrogens is 456 g/mol. The summed E-state index contributed by atoms with van der Waals surface area (Å²) >= 11 is 5.90. The molecule has 0 unspecified atom stereocenters. The van der Waals surface area contributed by atoms with Gasteiger partial charge in [-0.05, 0) is 32.0 Å². The van der Waals surface area contributed by atoms with Crippen molar-refractivity contribution in [3.05, 3.63) is 75.4 Å². The highest BCUT2D eigenvalue weighted by atomic mass is 35.5. The molecule has 34 heavy (non-hydrogen) atoms. The molecule has 5 heterocycles. The van der Waals surface area contributed by atoms with Crippen molar-refractivity contribution < 1.29 is 4.52 Å². The molecule has 10 nitrogen and oxygen atoms in total. The van der Waals surface area contributed by atoms with Gasteiger partial charge in [-0.3, -0.25) is 4.79 Å². The monoisotopic (exact) mass is 478 g/mol. The van der Waals surface area contributed by atoms with E-state index in [-0.39, 0.29) is 12.1 Å². The summed E-state index contributed by atoms with van der Waals surface area (Å²) in [5.41, 5.74) is 4.80. The van der Waals surface area contributed by atoms with E-state index < -0.39 is 0 Å². The van der Waals surface area contributed by atoms with Gasteiger partial charge in [0, 0.05) is 49.6 Å². The molecule has 0 radical (unpaired) electrons. The van der Waals surface area contributed by atoms with Gasteiger partial charge in [0.15, 0.2) is 0 Å². The fourth-order valence-electron chi connectivity index (χ4n) is 4.12. The third kappa shape index (κ3) is 4.36. The van der Waals surface area contributed by atoms with E-state index in [2.05, 4.69) is 35.2 Å². The van der Waals surface area contributed by atoms with Crippen molar-refractivity contribution in [3.8, 4) is 11.3 Å². The Morgan fingerprint density at radius 2 is 1.85 bits per heavy atom. The van der Waals surface area contributed by atoms with E-state index in [1.54, 1.807) is 30.7 Å². The van der Waals surface area contributed by atoms with Crippen LogP contribution < -0.4 is 15.4 Å². The first-order chi connectivity index (χ1) is 16.5. The molecule has 0 aliphatic carbocycles. The topological polar surface area (TPSA) is 106 Å². The zero-order valence-electron chi connectivity index (χ0n) is 18.8. The number of aryl methyl sites for hydroxylation is 2. The molecule has 1 aliphatic heterocycles. The van der Waals surface area contributed by atoms with E-state index in [1.165, 1.54) is 4.68 Å². The molecule has 1 saturated heterocycles. The molecule has 0 bridgehead atoms. The van der Waals surface area contributed by atoms with Gasteiger partial charge in [-0.1, -0.05) is 16.8 Å². The maximum atomic E-state index is 12.9. The van der Waals surface area contributed by atoms with Crippen molar-refractivity contribution in [3.63, 3.8) is 0 Å². The fraction of sp³-hybridized carbons (Fsp3) is 0.304. The van der Waals surface area contributed by atoms with Gasteiger partial charge >= 0.3 is 0 Å². The minimum atomic E-state index is -0.185. The maximum absolute atomic E-state index is 12.9. The van der Waals surface area contributed by atoms with Crippen LogP contribution in [0.5, 0.6) is 0 Å². The van der Waals surface area contributed by atoms with Gasteiger partial charge in [0.2, 0.25) is 0 Å². The summed E-state index contributed by atoms with van der Waals surface area (Å²) in [6.45, 7) is 7.24. The Labute approximate surface area is 200 Å².